The van der Waals surface area contributed by atoms with Gasteiger partial charge < -0.3 is 14.9 Å². The lowest BCUT2D eigenvalue weighted by Gasteiger charge is -2.12. The number of anilines is 1. The van der Waals surface area contributed by atoms with Crippen molar-refractivity contribution in [2.24, 2.45) is 0 Å². The van der Waals surface area contributed by atoms with Gasteiger partial charge in [0.25, 0.3) is 0 Å². The number of nitrogens with two attached hydrogens (primary N) is 1. The van der Waals surface area contributed by atoms with Crippen LogP contribution in [-0.2, 0) is 4.74 Å². The normalized spacial score (nSPS) is 12.2. The maximum atomic E-state index is 11.4. The maximum Gasteiger partial charge on any atom is 0.373 e. The van der Waals surface area contributed by atoms with E-state index < -0.39 is 5.97 Å². The van der Waals surface area contributed by atoms with Crippen LogP contribution in [0.2, 0.25) is 5.02 Å². The molecule has 6 heteroatoms. The van der Waals surface area contributed by atoms with Gasteiger partial charge >= 0.3 is 5.97 Å². The molecule has 0 amide bonds. The highest BCUT2D eigenvalue weighted by atomic mass is 35.5. The second kappa shape index (κ2) is 6.24. The highest BCUT2D eigenvalue weighted by Gasteiger charge is 2.18. The van der Waals surface area contributed by atoms with Crippen molar-refractivity contribution in [1.29, 1.82) is 0 Å². The lowest BCUT2D eigenvalue weighted by molar-refractivity contribution is 0.0563. The minimum Gasteiger partial charge on any atom is -0.463 e. The summed E-state index contributed by atoms with van der Waals surface area (Å²) in [4.78, 5) is 12.2. The molecule has 0 aliphatic carbocycles. The molecule has 1 atom stereocenters. The Bertz CT molecular complexity index is 606. The Morgan fingerprint density at radius 2 is 2.15 bits per heavy atom. The van der Waals surface area contributed by atoms with Crippen molar-refractivity contribution in [2.45, 2.75) is 17.1 Å². The fourth-order valence-corrected chi connectivity index (χ4v) is 2.96. The van der Waals surface area contributed by atoms with E-state index in [1.807, 2.05) is 6.92 Å². The summed E-state index contributed by atoms with van der Waals surface area (Å²) in [6.45, 7) is 1.95. The number of carbonyl (C=O) groups excluding carboxylic acids is 1. The molecule has 20 heavy (non-hydrogen) atoms. The third-order valence-corrected chi connectivity index (χ3v) is 4.41. The molecule has 0 spiro atoms. The zero-order chi connectivity index (χ0) is 14.7. The molecule has 2 rings (SSSR count). The second-order valence-corrected chi connectivity index (χ2v) is 5.87. The number of carbonyl (C=O) groups is 1. The Labute approximate surface area is 126 Å². The van der Waals surface area contributed by atoms with Crippen LogP contribution in [0.15, 0.2) is 39.6 Å². The van der Waals surface area contributed by atoms with Crippen molar-refractivity contribution in [2.75, 3.05) is 12.8 Å². The number of esters is 1. The molecule has 1 aromatic carbocycles. The van der Waals surface area contributed by atoms with Crippen LogP contribution in [0.1, 0.15) is 28.5 Å². The van der Waals surface area contributed by atoms with E-state index in [1.54, 1.807) is 30.3 Å². The molecule has 1 unspecified atom stereocenters. The number of nitrogen functional groups attached to an aromatic ring is 1. The van der Waals surface area contributed by atoms with Gasteiger partial charge in [0.2, 0.25) is 5.76 Å². The van der Waals surface area contributed by atoms with Crippen LogP contribution in [0.5, 0.6) is 0 Å². The Kier molecular flexibility index (Phi) is 4.62. The summed E-state index contributed by atoms with van der Waals surface area (Å²) in [6, 6.07) is 8.72. The quantitative estimate of drug-likeness (QED) is 0.522. The predicted octanol–water partition coefficient (Wildman–Crippen LogP) is 4.16. The van der Waals surface area contributed by atoms with E-state index in [9.17, 15) is 4.79 Å². The SMILES string of the molecule is COC(=O)c1ccc(C(C)Sc2c(N)cccc2Cl)o1. The van der Waals surface area contributed by atoms with Gasteiger partial charge in [-0.3, -0.25) is 0 Å². The van der Waals surface area contributed by atoms with E-state index >= 15 is 0 Å². The van der Waals surface area contributed by atoms with Crippen molar-refractivity contribution < 1.29 is 13.9 Å². The van der Waals surface area contributed by atoms with E-state index in [1.165, 1.54) is 18.9 Å². The minimum atomic E-state index is -0.495. The van der Waals surface area contributed by atoms with Crippen molar-refractivity contribution in [3.05, 3.63) is 46.9 Å². The number of benzene rings is 1. The lowest BCUT2D eigenvalue weighted by Crippen LogP contribution is -1.98. The van der Waals surface area contributed by atoms with E-state index in [-0.39, 0.29) is 11.0 Å². The van der Waals surface area contributed by atoms with Gasteiger partial charge in [0, 0.05) is 10.6 Å². The Morgan fingerprint density at radius 3 is 2.80 bits per heavy atom. The van der Waals surface area contributed by atoms with Gasteiger partial charge in [-0.2, -0.15) is 0 Å². The molecule has 0 bridgehead atoms. The smallest absolute Gasteiger partial charge is 0.373 e. The van der Waals surface area contributed by atoms with E-state index in [0.717, 1.165) is 4.90 Å². The van der Waals surface area contributed by atoms with Crippen molar-refractivity contribution in [3.63, 3.8) is 0 Å². The standard InChI is InChI=1S/C14H14ClNO3S/c1-8(11-6-7-12(19-11)14(17)18-2)20-13-9(15)4-3-5-10(13)16/h3-8H,16H2,1-2H3. The van der Waals surface area contributed by atoms with Gasteiger partial charge in [0.1, 0.15) is 5.76 Å². The second-order valence-electron chi connectivity index (χ2n) is 4.11. The Hall–Kier alpha value is -1.59. The van der Waals surface area contributed by atoms with Gasteiger partial charge in [-0.1, -0.05) is 17.7 Å². The molecule has 0 aliphatic heterocycles. The zero-order valence-corrected chi connectivity index (χ0v) is 12.6. The van der Waals surface area contributed by atoms with Gasteiger partial charge in [0.15, 0.2) is 0 Å². The summed E-state index contributed by atoms with van der Waals surface area (Å²) in [5.41, 5.74) is 6.53. The van der Waals surface area contributed by atoms with Crippen LogP contribution in [0.25, 0.3) is 0 Å². The summed E-state index contributed by atoms with van der Waals surface area (Å²) in [5.74, 6) is 0.350. The van der Waals surface area contributed by atoms with Crippen molar-refractivity contribution in [1.82, 2.24) is 0 Å². The Morgan fingerprint density at radius 1 is 1.40 bits per heavy atom. The van der Waals surface area contributed by atoms with Crippen LogP contribution in [0.4, 0.5) is 5.69 Å². The maximum absolute atomic E-state index is 11.4. The molecule has 0 fully saturated rings. The highest BCUT2D eigenvalue weighted by molar-refractivity contribution is 7.99. The summed E-state index contributed by atoms with van der Waals surface area (Å²) in [5, 5.41) is 0.567. The van der Waals surface area contributed by atoms with Crippen LogP contribution in [0, 0.1) is 0 Å². The summed E-state index contributed by atoms with van der Waals surface area (Å²) in [7, 11) is 1.31. The minimum absolute atomic E-state index is 0.0318. The molecule has 0 aliphatic rings. The fourth-order valence-electron chi connectivity index (χ4n) is 1.67. The van der Waals surface area contributed by atoms with Crippen LogP contribution >= 0.6 is 23.4 Å². The molecule has 0 radical (unpaired) electrons. The molecule has 106 valence electrons. The molecule has 2 N–H and O–H groups in total. The molecule has 0 saturated carbocycles. The number of ether oxygens (including phenoxy) is 1. The number of methoxy groups -OCH3 is 1. The third-order valence-electron chi connectivity index (χ3n) is 2.71. The van der Waals surface area contributed by atoms with E-state index in [2.05, 4.69) is 4.74 Å². The number of hydrogen-bond donors (Lipinski definition) is 1. The van der Waals surface area contributed by atoms with Crippen molar-refractivity contribution in [3.8, 4) is 0 Å². The number of hydrogen-bond acceptors (Lipinski definition) is 5. The lowest BCUT2D eigenvalue weighted by atomic mass is 10.3. The van der Waals surface area contributed by atoms with Gasteiger partial charge in [-0.15, -0.1) is 11.8 Å². The number of halogens is 1. The van der Waals surface area contributed by atoms with E-state index in [4.69, 9.17) is 21.8 Å². The van der Waals surface area contributed by atoms with Crippen LogP contribution < -0.4 is 5.73 Å². The first kappa shape index (κ1) is 14.8. The van der Waals surface area contributed by atoms with Gasteiger partial charge in [0.05, 0.1) is 17.4 Å². The van der Waals surface area contributed by atoms with Crippen LogP contribution in [0.3, 0.4) is 0 Å². The number of rotatable bonds is 4. The fraction of sp³-hybridized carbons (Fsp3) is 0.214. The van der Waals surface area contributed by atoms with Crippen molar-refractivity contribution >= 4 is 35.0 Å². The molecule has 1 aromatic heterocycles. The molecule has 4 nitrogen and oxygen atoms in total. The molecule has 1 heterocycles. The molecular weight excluding hydrogens is 298 g/mol. The average molecular weight is 312 g/mol. The number of thioether (sulfide) groups is 1. The highest BCUT2D eigenvalue weighted by Crippen LogP contribution is 2.41. The first-order chi connectivity index (χ1) is 9.52. The molecule has 0 saturated heterocycles. The average Bonchev–Trinajstić information content (AvgIpc) is 2.92. The zero-order valence-electron chi connectivity index (χ0n) is 11.1. The summed E-state index contributed by atoms with van der Waals surface area (Å²) < 4.78 is 10.1. The topological polar surface area (TPSA) is 65.5 Å². The predicted molar refractivity (Wildman–Crippen MR) is 80.2 cm³/mol. The summed E-state index contributed by atoms with van der Waals surface area (Å²) >= 11 is 7.61. The first-order valence-electron chi connectivity index (χ1n) is 5.91. The van der Waals surface area contributed by atoms with Crippen LogP contribution in [-0.4, -0.2) is 13.1 Å². The molecule has 2 aromatic rings. The Balaban J connectivity index is 2.18. The van der Waals surface area contributed by atoms with Gasteiger partial charge in [-0.25, -0.2) is 4.79 Å². The summed E-state index contributed by atoms with van der Waals surface area (Å²) in [6.07, 6.45) is 0. The number of furan rings is 1. The first-order valence-corrected chi connectivity index (χ1v) is 7.17. The van der Waals surface area contributed by atoms with Gasteiger partial charge in [-0.05, 0) is 31.2 Å². The third kappa shape index (κ3) is 3.11. The van der Waals surface area contributed by atoms with E-state index in [0.29, 0.717) is 16.5 Å². The largest absolute Gasteiger partial charge is 0.463 e. The molecular formula is C14H14ClNO3S. The monoisotopic (exact) mass is 311 g/mol.